The first-order valence-corrected chi connectivity index (χ1v) is 5.19. The summed E-state index contributed by atoms with van der Waals surface area (Å²) in [5.74, 6) is -0.355. The predicted molar refractivity (Wildman–Crippen MR) is 60.9 cm³/mol. The molecule has 4 heteroatoms. The van der Waals surface area contributed by atoms with E-state index in [1.54, 1.807) is 6.92 Å². The number of benzene rings is 1. The van der Waals surface area contributed by atoms with Crippen molar-refractivity contribution in [3.05, 3.63) is 35.9 Å². The average molecular weight is 223 g/mol. The monoisotopic (exact) mass is 223 g/mol. The largest absolute Gasteiger partial charge is 0.468 e. The minimum atomic E-state index is -0.527. The highest BCUT2D eigenvalue weighted by atomic mass is 16.5. The van der Waals surface area contributed by atoms with Gasteiger partial charge in [0.05, 0.1) is 13.2 Å². The van der Waals surface area contributed by atoms with Gasteiger partial charge in [-0.1, -0.05) is 30.3 Å². The van der Waals surface area contributed by atoms with Crippen LogP contribution in [0, 0.1) is 0 Å². The number of aliphatic hydroxyl groups is 1. The van der Waals surface area contributed by atoms with Gasteiger partial charge in [0, 0.05) is 6.54 Å². The molecule has 0 fully saturated rings. The lowest BCUT2D eigenvalue weighted by molar-refractivity contribution is -0.143. The molecule has 1 rings (SSSR count). The maximum Gasteiger partial charge on any atom is 0.327 e. The summed E-state index contributed by atoms with van der Waals surface area (Å²) in [5.41, 5.74) is 0.829. The Morgan fingerprint density at radius 1 is 1.44 bits per heavy atom. The van der Waals surface area contributed by atoms with E-state index < -0.39 is 12.1 Å². The summed E-state index contributed by atoms with van der Waals surface area (Å²) in [4.78, 5) is 11.6. The van der Waals surface area contributed by atoms with Gasteiger partial charge in [-0.2, -0.15) is 0 Å². The molecule has 0 radical (unpaired) electrons. The van der Waals surface area contributed by atoms with Crippen molar-refractivity contribution >= 4 is 5.97 Å². The number of carbonyl (C=O) groups excluding carboxylic acids is 1. The fraction of sp³-hybridized carbons (Fsp3) is 0.417. The first-order valence-electron chi connectivity index (χ1n) is 5.19. The molecule has 88 valence electrons. The van der Waals surface area contributed by atoms with Gasteiger partial charge >= 0.3 is 5.97 Å². The van der Waals surface area contributed by atoms with Crippen molar-refractivity contribution in [3.63, 3.8) is 0 Å². The predicted octanol–water partition coefficient (Wildman–Crippen LogP) is 0.871. The number of nitrogens with one attached hydrogen (secondary N) is 1. The van der Waals surface area contributed by atoms with Crippen LogP contribution in [0.3, 0.4) is 0 Å². The molecule has 0 heterocycles. The summed E-state index contributed by atoms with van der Waals surface area (Å²) in [6.45, 7) is 2.00. The Bertz CT molecular complexity index is 324. The SMILES string of the molecule is COC(=O)C(NC[C@H](C)O)c1ccccc1. The van der Waals surface area contributed by atoms with E-state index in [1.165, 1.54) is 7.11 Å². The summed E-state index contributed by atoms with van der Waals surface area (Å²) >= 11 is 0. The van der Waals surface area contributed by atoms with Crippen LogP contribution in [0.1, 0.15) is 18.5 Å². The second-order valence-corrected chi connectivity index (χ2v) is 3.62. The van der Waals surface area contributed by atoms with E-state index in [-0.39, 0.29) is 5.97 Å². The summed E-state index contributed by atoms with van der Waals surface area (Å²) in [5, 5.41) is 12.1. The van der Waals surface area contributed by atoms with Crippen molar-refractivity contribution in [2.45, 2.75) is 19.1 Å². The standard InChI is InChI=1S/C12H17NO3/c1-9(14)8-13-11(12(15)16-2)10-6-4-3-5-7-10/h3-7,9,11,13-14H,8H2,1-2H3/t9-,11?/m0/s1. The van der Waals surface area contributed by atoms with E-state index in [9.17, 15) is 9.90 Å². The van der Waals surface area contributed by atoms with E-state index in [2.05, 4.69) is 5.32 Å². The molecular weight excluding hydrogens is 206 g/mol. The fourth-order valence-corrected chi connectivity index (χ4v) is 1.39. The molecule has 0 spiro atoms. The summed E-state index contributed by atoms with van der Waals surface area (Å²) in [6.07, 6.45) is -0.504. The van der Waals surface area contributed by atoms with Gasteiger partial charge < -0.3 is 9.84 Å². The second kappa shape index (κ2) is 6.25. The lowest BCUT2D eigenvalue weighted by atomic mass is 10.1. The second-order valence-electron chi connectivity index (χ2n) is 3.62. The summed E-state index contributed by atoms with van der Waals surface area (Å²) in [6, 6.07) is 8.76. The van der Waals surface area contributed by atoms with E-state index >= 15 is 0 Å². The first kappa shape index (κ1) is 12.7. The van der Waals surface area contributed by atoms with Crippen LogP contribution >= 0.6 is 0 Å². The fourth-order valence-electron chi connectivity index (χ4n) is 1.39. The zero-order chi connectivity index (χ0) is 12.0. The van der Waals surface area contributed by atoms with Crippen LogP contribution < -0.4 is 5.32 Å². The zero-order valence-corrected chi connectivity index (χ0v) is 9.51. The lowest BCUT2D eigenvalue weighted by Gasteiger charge is -2.17. The van der Waals surface area contributed by atoms with E-state index in [0.29, 0.717) is 6.54 Å². The molecule has 0 aliphatic rings. The molecule has 0 aliphatic heterocycles. The smallest absolute Gasteiger partial charge is 0.327 e. The Morgan fingerprint density at radius 3 is 2.56 bits per heavy atom. The van der Waals surface area contributed by atoms with Gasteiger partial charge in [-0.3, -0.25) is 5.32 Å². The highest BCUT2D eigenvalue weighted by Gasteiger charge is 2.20. The molecule has 0 aromatic heterocycles. The third-order valence-electron chi connectivity index (χ3n) is 2.19. The van der Waals surface area contributed by atoms with Gasteiger partial charge in [-0.25, -0.2) is 4.79 Å². The number of esters is 1. The Morgan fingerprint density at radius 2 is 2.06 bits per heavy atom. The number of methoxy groups -OCH3 is 1. The molecule has 0 aliphatic carbocycles. The zero-order valence-electron chi connectivity index (χ0n) is 9.51. The first-order chi connectivity index (χ1) is 7.65. The molecular formula is C12H17NO3. The highest BCUT2D eigenvalue weighted by Crippen LogP contribution is 2.13. The highest BCUT2D eigenvalue weighted by molar-refractivity contribution is 5.77. The molecule has 2 atom stereocenters. The van der Waals surface area contributed by atoms with Crippen molar-refractivity contribution in [2.75, 3.05) is 13.7 Å². The van der Waals surface area contributed by atoms with Crippen LogP contribution in [0.15, 0.2) is 30.3 Å². The number of aliphatic hydroxyl groups excluding tert-OH is 1. The normalized spacial score (nSPS) is 14.2. The van der Waals surface area contributed by atoms with Crippen LogP contribution in [0.4, 0.5) is 0 Å². The molecule has 0 amide bonds. The molecule has 1 aromatic carbocycles. The van der Waals surface area contributed by atoms with Crippen LogP contribution in [0.5, 0.6) is 0 Å². The molecule has 1 unspecified atom stereocenters. The number of hydrogen-bond donors (Lipinski definition) is 2. The molecule has 4 nitrogen and oxygen atoms in total. The summed E-state index contributed by atoms with van der Waals surface area (Å²) < 4.78 is 4.72. The van der Waals surface area contributed by atoms with E-state index in [0.717, 1.165) is 5.56 Å². The van der Waals surface area contributed by atoms with Crippen molar-refractivity contribution < 1.29 is 14.6 Å². The molecule has 2 N–H and O–H groups in total. The van der Waals surface area contributed by atoms with Crippen molar-refractivity contribution in [3.8, 4) is 0 Å². The Labute approximate surface area is 95.2 Å². The maximum absolute atomic E-state index is 11.6. The van der Waals surface area contributed by atoms with Gasteiger partial charge in [0.25, 0.3) is 0 Å². The van der Waals surface area contributed by atoms with Gasteiger partial charge in [0.1, 0.15) is 6.04 Å². The molecule has 0 bridgehead atoms. The van der Waals surface area contributed by atoms with Crippen LogP contribution in [0.2, 0.25) is 0 Å². The number of hydrogen-bond acceptors (Lipinski definition) is 4. The molecule has 16 heavy (non-hydrogen) atoms. The molecule has 0 saturated carbocycles. The van der Waals surface area contributed by atoms with Gasteiger partial charge in [0.2, 0.25) is 0 Å². The van der Waals surface area contributed by atoms with E-state index in [1.807, 2.05) is 30.3 Å². The third-order valence-corrected chi connectivity index (χ3v) is 2.19. The third kappa shape index (κ3) is 3.64. The summed E-state index contributed by atoms with van der Waals surface area (Å²) in [7, 11) is 1.35. The lowest BCUT2D eigenvalue weighted by Crippen LogP contribution is -2.34. The van der Waals surface area contributed by atoms with Crippen molar-refractivity contribution in [2.24, 2.45) is 0 Å². The van der Waals surface area contributed by atoms with Crippen LogP contribution in [-0.4, -0.2) is 30.8 Å². The Kier molecular flexibility index (Phi) is 4.95. The van der Waals surface area contributed by atoms with Gasteiger partial charge in [0.15, 0.2) is 0 Å². The Balaban J connectivity index is 2.76. The minimum absolute atomic E-state index is 0.342. The van der Waals surface area contributed by atoms with Crippen LogP contribution in [0.25, 0.3) is 0 Å². The molecule has 0 saturated heterocycles. The average Bonchev–Trinajstić information content (AvgIpc) is 2.30. The van der Waals surface area contributed by atoms with Crippen LogP contribution in [-0.2, 0) is 9.53 Å². The number of ether oxygens (including phenoxy) is 1. The minimum Gasteiger partial charge on any atom is -0.468 e. The van der Waals surface area contributed by atoms with Gasteiger partial charge in [-0.15, -0.1) is 0 Å². The number of carbonyl (C=O) groups is 1. The van der Waals surface area contributed by atoms with Gasteiger partial charge in [-0.05, 0) is 12.5 Å². The van der Waals surface area contributed by atoms with E-state index in [4.69, 9.17) is 4.74 Å². The van der Waals surface area contributed by atoms with Crippen molar-refractivity contribution in [1.29, 1.82) is 0 Å². The Hall–Kier alpha value is -1.39. The quantitative estimate of drug-likeness (QED) is 0.727. The topological polar surface area (TPSA) is 58.6 Å². The number of rotatable bonds is 5. The maximum atomic E-state index is 11.6. The van der Waals surface area contributed by atoms with Crippen molar-refractivity contribution in [1.82, 2.24) is 5.32 Å². The molecule has 1 aromatic rings.